The molecule has 1 spiro atoms. The van der Waals surface area contributed by atoms with Crippen molar-refractivity contribution in [2.75, 3.05) is 6.54 Å². The van der Waals surface area contributed by atoms with Crippen LogP contribution in [-0.2, 0) is 4.84 Å². The molecule has 2 nitrogen and oxygen atoms in total. The SMILES string of the molecule is C1CC2(C1)CCNO2. The van der Waals surface area contributed by atoms with E-state index in [4.69, 9.17) is 4.84 Å². The van der Waals surface area contributed by atoms with Crippen molar-refractivity contribution in [1.29, 1.82) is 0 Å². The lowest BCUT2D eigenvalue weighted by Crippen LogP contribution is -2.36. The molecule has 0 aromatic heterocycles. The smallest absolute Gasteiger partial charge is 0.0909 e. The van der Waals surface area contributed by atoms with Crippen molar-refractivity contribution >= 4 is 0 Å². The van der Waals surface area contributed by atoms with Gasteiger partial charge in [0.1, 0.15) is 0 Å². The lowest BCUT2D eigenvalue weighted by Gasteiger charge is -2.35. The summed E-state index contributed by atoms with van der Waals surface area (Å²) < 4.78 is 0. The standard InChI is InChI=1S/C6H11NO/c1-2-6(3-1)4-5-7-8-6/h7H,1-5H2. The third-order valence-corrected chi connectivity index (χ3v) is 2.24. The molecule has 0 unspecified atom stereocenters. The van der Waals surface area contributed by atoms with Crippen molar-refractivity contribution < 1.29 is 4.84 Å². The summed E-state index contributed by atoms with van der Waals surface area (Å²) in [7, 11) is 0. The third kappa shape index (κ3) is 0.501. The Labute approximate surface area is 49.2 Å². The van der Waals surface area contributed by atoms with Crippen LogP contribution in [-0.4, -0.2) is 12.1 Å². The minimum absolute atomic E-state index is 0.306. The summed E-state index contributed by atoms with van der Waals surface area (Å²) in [4.78, 5) is 5.33. The predicted octanol–water partition coefficient (Wildman–Crippen LogP) is 0.834. The van der Waals surface area contributed by atoms with Crippen LogP contribution in [0.5, 0.6) is 0 Å². The molecule has 46 valence electrons. The Bertz CT molecular complexity index is 90.7. The Kier molecular flexibility index (Phi) is 0.866. The fourth-order valence-corrected chi connectivity index (χ4v) is 1.46. The molecule has 0 bridgehead atoms. The first-order valence-electron chi connectivity index (χ1n) is 3.32. The molecule has 2 fully saturated rings. The van der Waals surface area contributed by atoms with Gasteiger partial charge in [-0.15, -0.1) is 0 Å². The number of hydroxylamine groups is 1. The van der Waals surface area contributed by atoms with Crippen molar-refractivity contribution in [3.63, 3.8) is 0 Å². The van der Waals surface area contributed by atoms with E-state index < -0.39 is 0 Å². The fourth-order valence-electron chi connectivity index (χ4n) is 1.46. The molecule has 8 heavy (non-hydrogen) atoms. The van der Waals surface area contributed by atoms with Gasteiger partial charge in [0.15, 0.2) is 0 Å². The number of nitrogens with one attached hydrogen (secondary N) is 1. The fraction of sp³-hybridized carbons (Fsp3) is 1.00. The maximum absolute atomic E-state index is 5.33. The minimum atomic E-state index is 0.306. The summed E-state index contributed by atoms with van der Waals surface area (Å²) in [6, 6.07) is 0. The van der Waals surface area contributed by atoms with Crippen LogP contribution in [0.3, 0.4) is 0 Å². The summed E-state index contributed by atoms with van der Waals surface area (Å²) in [6.45, 7) is 1.06. The van der Waals surface area contributed by atoms with E-state index in [9.17, 15) is 0 Å². The van der Waals surface area contributed by atoms with Gasteiger partial charge in [0, 0.05) is 6.54 Å². The van der Waals surface area contributed by atoms with E-state index in [0.29, 0.717) is 5.60 Å². The van der Waals surface area contributed by atoms with Crippen LogP contribution >= 0.6 is 0 Å². The van der Waals surface area contributed by atoms with Crippen LogP contribution in [0.15, 0.2) is 0 Å². The largest absolute Gasteiger partial charge is 0.295 e. The van der Waals surface area contributed by atoms with Gasteiger partial charge in [-0.3, -0.25) is 4.84 Å². The Hall–Kier alpha value is -0.0800. The van der Waals surface area contributed by atoms with Crippen LogP contribution in [0.1, 0.15) is 25.7 Å². The molecular weight excluding hydrogens is 102 g/mol. The molecule has 1 aliphatic carbocycles. The highest BCUT2D eigenvalue weighted by atomic mass is 16.7. The lowest BCUT2D eigenvalue weighted by molar-refractivity contribution is -0.101. The summed E-state index contributed by atoms with van der Waals surface area (Å²) in [6.07, 6.45) is 5.15. The first-order valence-corrected chi connectivity index (χ1v) is 3.32. The highest BCUT2D eigenvalue weighted by molar-refractivity contribution is 4.91. The highest BCUT2D eigenvalue weighted by Crippen LogP contribution is 2.39. The molecule has 0 aromatic carbocycles. The zero-order chi connectivity index (χ0) is 5.45. The van der Waals surface area contributed by atoms with Gasteiger partial charge in [0.05, 0.1) is 5.60 Å². The van der Waals surface area contributed by atoms with Crippen molar-refractivity contribution in [2.45, 2.75) is 31.3 Å². The van der Waals surface area contributed by atoms with Gasteiger partial charge in [-0.05, 0) is 25.7 Å². The Morgan fingerprint density at radius 2 is 2.12 bits per heavy atom. The van der Waals surface area contributed by atoms with Crippen LogP contribution < -0.4 is 5.48 Å². The van der Waals surface area contributed by atoms with Crippen molar-refractivity contribution in [3.05, 3.63) is 0 Å². The molecular formula is C6H11NO. The van der Waals surface area contributed by atoms with Gasteiger partial charge in [0.25, 0.3) is 0 Å². The molecule has 2 rings (SSSR count). The van der Waals surface area contributed by atoms with E-state index in [1.807, 2.05) is 0 Å². The summed E-state index contributed by atoms with van der Waals surface area (Å²) in [5.41, 5.74) is 3.22. The third-order valence-electron chi connectivity index (χ3n) is 2.24. The number of rotatable bonds is 0. The van der Waals surface area contributed by atoms with Crippen LogP contribution in [0.4, 0.5) is 0 Å². The Morgan fingerprint density at radius 3 is 2.38 bits per heavy atom. The van der Waals surface area contributed by atoms with E-state index in [1.165, 1.54) is 25.7 Å². The molecule has 2 aliphatic rings. The second-order valence-electron chi connectivity index (χ2n) is 2.78. The summed E-state index contributed by atoms with van der Waals surface area (Å²) >= 11 is 0. The molecule has 1 aliphatic heterocycles. The molecule has 1 N–H and O–H groups in total. The quantitative estimate of drug-likeness (QED) is 0.502. The number of hydrogen-bond acceptors (Lipinski definition) is 2. The van der Waals surface area contributed by atoms with E-state index in [-0.39, 0.29) is 0 Å². The van der Waals surface area contributed by atoms with Gasteiger partial charge in [-0.2, -0.15) is 0 Å². The summed E-state index contributed by atoms with van der Waals surface area (Å²) in [5, 5.41) is 0. The topological polar surface area (TPSA) is 21.3 Å². The highest BCUT2D eigenvalue weighted by Gasteiger charge is 2.41. The van der Waals surface area contributed by atoms with E-state index in [1.54, 1.807) is 0 Å². The molecule has 0 radical (unpaired) electrons. The lowest BCUT2D eigenvalue weighted by atomic mass is 9.78. The first kappa shape index (κ1) is 4.77. The van der Waals surface area contributed by atoms with Crippen molar-refractivity contribution in [2.24, 2.45) is 0 Å². The zero-order valence-corrected chi connectivity index (χ0v) is 4.94. The average Bonchev–Trinajstić information content (AvgIpc) is 2.07. The zero-order valence-electron chi connectivity index (χ0n) is 4.94. The minimum Gasteiger partial charge on any atom is -0.295 e. The van der Waals surface area contributed by atoms with Crippen LogP contribution in [0.25, 0.3) is 0 Å². The van der Waals surface area contributed by atoms with E-state index >= 15 is 0 Å². The average molecular weight is 113 g/mol. The molecule has 1 saturated heterocycles. The maximum Gasteiger partial charge on any atom is 0.0909 e. The molecule has 0 amide bonds. The molecule has 0 atom stereocenters. The number of hydrogen-bond donors (Lipinski definition) is 1. The Balaban J connectivity index is 2.01. The van der Waals surface area contributed by atoms with Gasteiger partial charge >= 0.3 is 0 Å². The van der Waals surface area contributed by atoms with Crippen molar-refractivity contribution in [1.82, 2.24) is 5.48 Å². The van der Waals surface area contributed by atoms with Gasteiger partial charge in [-0.25, -0.2) is 5.48 Å². The normalized spacial score (nSPS) is 33.0. The van der Waals surface area contributed by atoms with Crippen LogP contribution in [0.2, 0.25) is 0 Å². The van der Waals surface area contributed by atoms with E-state index in [0.717, 1.165) is 6.54 Å². The molecule has 2 heteroatoms. The second-order valence-corrected chi connectivity index (χ2v) is 2.78. The molecule has 0 aromatic rings. The van der Waals surface area contributed by atoms with Crippen molar-refractivity contribution in [3.8, 4) is 0 Å². The molecule has 1 heterocycles. The Morgan fingerprint density at radius 1 is 1.25 bits per heavy atom. The first-order chi connectivity index (χ1) is 3.91. The van der Waals surface area contributed by atoms with E-state index in [2.05, 4.69) is 5.48 Å². The monoisotopic (exact) mass is 113 g/mol. The molecule has 1 saturated carbocycles. The van der Waals surface area contributed by atoms with Gasteiger partial charge < -0.3 is 0 Å². The summed E-state index contributed by atoms with van der Waals surface area (Å²) in [5.74, 6) is 0. The predicted molar refractivity (Wildman–Crippen MR) is 30.3 cm³/mol. The maximum atomic E-state index is 5.33. The van der Waals surface area contributed by atoms with Gasteiger partial charge in [0.2, 0.25) is 0 Å². The second kappa shape index (κ2) is 1.45. The van der Waals surface area contributed by atoms with Gasteiger partial charge in [-0.1, -0.05) is 0 Å². The van der Waals surface area contributed by atoms with Crippen LogP contribution in [0, 0.1) is 0 Å².